The first-order chi connectivity index (χ1) is 16.6. The fraction of sp³-hybridized carbons (Fsp3) is 0.167. The van der Waals surface area contributed by atoms with Gasteiger partial charge >= 0.3 is 0 Å². The molecule has 168 valence electrons. The van der Waals surface area contributed by atoms with E-state index >= 15 is 0 Å². The lowest BCUT2D eigenvalue weighted by atomic mass is 10.0. The molecule has 10 heteroatoms. The zero-order chi connectivity index (χ0) is 23.7. The standard InChI is InChI=1S/C24H20N8O2/c1-2-21(33)31-10-7-17(14-31)22-18-6-9-28-24(26)32(18)23(30-22)16-3-4-19(29-13-16)34-20-11-15(12-25)5-8-27-20/h2-6,8-9,11,13,17H,1,7,10,14H2,(H2,26,28). The normalized spacial score (nSPS) is 15.3. The number of carbonyl (C=O) groups excluding carboxylic acids is 1. The summed E-state index contributed by atoms with van der Waals surface area (Å²) in [5.41, 5.74) is 9.10. The first-order valence-corrected chi connectivity index (χ1v) is 10.6. The number of rotatable bonds is 5. The molecular formula is C24H20N8O2. The summed E-state index contributed by atoms with van der Waals surface area (Å²) in [5.74, 6) is 1.51. The van der Waals surface area contributed by atoms with Crippen LogP contribution in [-0.4, -0.2) is 48.2 Å². The third-order valence-electron chi connectivity index (χ3n) is 5.74. The number of aromatic nitrogens is 5. The molecule has 1 saturated heterocycles. The molecule has 1 unspecified atom stereocenters. The molecule has 4 aromatic rings. The van der Waals surface area contributed by atoms with E-state index in [2.05, 4.69) is 21.5 Å². The van der Waals surface area contributed by atoms with Gasteiger partial charge in [-0.05, 0) is 30.7 Å². The fourth-order valence-corrected chi connectivity index (χ4v) is 4.11. The number of anilines is 1. The van der Waals surface area contributed by atoms with E-state index in [-0.39, 0.29) is 17.7 Å². The number of nitrogens with two attached hydrogens (primary N) is 1. The Morgan fingerprint density at radius 2 is 2.06 bits per heavy atom. The van der Waals surface area contributed by atoms with Crippen LogP contribution in [0.1, 0.15) is 23.6 Å². The van der Waals surface area contributed by atoms with E-state index in [0.29, 0.717) is 36.3 Å². The predicted molar refractivity (Wildman–Crippen MR) is 124 cm³/mol. The lowest BCUT2D eigenvalue weighted by molar-refractivity contribution is -0.125. The number of fused-ring (bicyclic) bond motifs is 1. The fourth-order valence-electron chi connectivity index (χ4n) is 4.11. The summed E-state index contributed by atoms with van der Waals surface area (Å²) < 4.78 is 7.47. The van der Waals surface area contributed by atoms with Crippen molar-refractivity contribution in [3.8, 4) is 29.2 Å². The van der Waals surface area contributed by atoms with Crippen LogP contribution >= 0.6 is 0 Å². The van der Waals surface area contributed by atoms with Crippen molar-refractivity contribution >= 4 is 17.4 Å². The summed E-state index contributed by atoms with van der Waals surface area (Å²) >= 11 is 0. The highest BCUT2D eigenvalue weighted by Gasteiger charge is 2.30. The van der Waals surface area contributed by atoms with E-state index in [1.54, 1.807) is 39.9 Å². The first kappa shape index (κ1) is 21.1. The maximum Gasteiger partial charge on any atom is 0.245 e. The molecule has 0 saturated carbocycles. The molecule has 34 heavy (non-hydrogen) atoms. The number of nitrogens with zero attached hydrogens (tertiary/aromatic N) is 7. The Labute approximate surface area is 195 Å². The number of nitrogen functional groups attached to an aromatic ring is 1. The third-order valence-corrected chi connectivity index (χ3v) is 5.74. The number of carbonyl (C=O) groups is 1. The Hall–Kier alpha value is -4.78. The average Bonchev–Trinajstić information content (AvgIpc) is 3.50. The van der Waals surface area contributed by atoms with Crippen LogP contribution in [0.15, 0.2) is 61.6 Å². The van der Waals surface area contributed by atoms with E-state index in [1.165, 1.54) is 12.3 Å². The molecule has 0 radical (unpaired) electrons. The molecule has 1 amide bonds. The zero-order valence-electron chi connectivity index (χ0n) is 18.1. The summed E-state index contributed by atoms with van der Waals surface area (Å²) in [4.78, 5) is 31.4. The summed E-state index contributed by atoms with van der Waals surface area (Å²) in [6.07, 6.45) is 6.93. The molecule has 0 spiro atoms. The van der Waals surface area contributed by atoms with Crippen LogP contribution in [0.3, 0.4) is 0 Å². The number of imidazole rings is 1. The van der Waals surface area contributed by atoms with Crippen molar-refractivity contribution in [3.05, 3.63) is 72.8 Å². The van der Waals surface area contributed by atoms with Gasteiger partial charge in [0.25, 0.3) is 0 Å². The van der Waals surface area contributed by atoms with Gasteiger partial charge in [-0.1, -0.05) is 6.58 Å². The maximum atomic E-state index is 12.0. The number of hydrogen-bond acceptors (Lipinski definition) is 8. The van der Waals surface area contributed by atoms with Crippen LogP contribution < -0.4 is 10.5 Å². The maximum absolute atomic E-state index is 12.0. The quantitative estimate of drug-likeness (QED) is 0.457. The summed E-state index contributed by atoms with van der Waals surface area (Å²) in [7, 11) is 0. The van der Waals surface area contributed by atoms with E-state index in [0.717, 1.165) is 23.2 Å². The van der Waals surface area contributed by atoms with E-state index < -0.39 is 0 Å². The molecule has 2 N–H and O–H groups in total. The molecule has 10 nitrogen and oxygen atoms in total. The van der Waals surface area contributed by atoms with Gasteiger partial charge in [0.05, 0.1) is 22.8 Å². The molecule has 1 aliphatic heterocycles. The summed E-state index contributed by atoms with van der Waals surface area (Å²) in [5, 5.41) is 9.04. The number of amides is 1. The average molecular weight is 452 g/mol. The van der Waals surface area contributed by atoms with Gasteiger partial charge in [-0.15, -0.1) is 0 Å². The lowest BCUT2D eigenvalue weighted by Crippen LogP contribution is -2.26. The molecule has 4 aromatic heterocycles. The molecule has 5 heterocycles. The van der Waals surface area contributed by atoms with Crippen molar-refractivity contribution in [3.63, 3.8) is 0 Å². The van der Waals surface area contributed by atoms with Crippen LogP contribution in [0.5, 0.6) is 11.8 Å². The predicted octanol–water partition coefficient (Wildman–Crippen LogP) is 2.93. The Morgan fingerprint density at radius 3 is 2.82 bits per heavy atom. The van der Waals surface area contributed by atoms with Crippen LogP contribution in [0.4, 0.5) is 5.95 Å². The Morgan fingerprint density at radius 1 is 1.21 bits per heavy atom. The molecule has 1 aliphatic rings. The highest BCUT2D eigenvalue weighted by molar-refractivity contribution is 5.87. The minimum Gasteiger partial charge on any atom is -0.421 e. The van der Waals surface area contributed by atoms with Gasteiger partial charge in [-0.2, -0.15) is 5.26 Å². The van der Waals surface area contributed by atoms with Crippen LogP contribution in [0.25, 0.3) is 16.9 Å². The van der Waals surface area contributed by atoms with Crippen molar-refractivity contribution < 1.29 is 9.53 Å². The van der Waals surface area contributed by atoms with Gasteiger partial charge in [0, 0.05) is 55.3 Å². The third kappa shape index (κ3) is 3.80. The van der Waals surface area contributed by atoms with Gasteiger partial charge < -0.3 is 15.4 Å². The molecule has 0 bridgehead atoms. The number of ether oxygens (including phenoxy) is 1. The second-order valence-electron chi connectivity index (χ2n) is 7.80. The van der Waals surface area contributed by atoms with E-state index in [4.69, 9.17) is 20.7 Å². The molecule has 1 fully saturated rings. The minimum atomic E-state index is -0.0815. The number of pyridine rings is 2. The first-order valence-electron chi connectivity index (χ1n) is 10.6. The molecule has 0 aliphatic carbocycles. The number of hydrogen-bond donors (Lipinski definition) is 1. The lowest BCUT2D eigenvalue weighted by Gasteiger charge is -2.13. The van der Waals surface area contributed by atoms with Crippen molar-refractivity contribution in [1.82, 2.24) is 29.2 Å². The van der Waals surface area contributed by atoms with Gasteiger partial charge in [0.2, 0.25) is 23.6 Å². The molecule has 0 aromatic carbocycles. The van der Waals surface area contributed by atoms with E-state index in [1.807, 2.05) is 18.2 Å². The largest absolute Gasteiger partial charge is 0.421 e. The van der Waals surface area contributed by atoms with Gasteiger partial charge in [-0.3, -0.25) is 9.20 Å². The number of nitriles is 1. The van der Waals surface area contributed by atoms with Gasteiger partial charge in [-0.25, -0.2) is 19.9 Å². The monoisotopic (exact) mass is 452 g/mol. The van der Waals surface area contributed by atoms with Crippen LogP contribution in [-0.2, 0) is 4.79 Å². The second-order valence-corrected chi connectivity index (χ2v) is 7.80. The van der Waals surface area contributed by atoms with Crippen molar-refractivity contribution in [2.75, 3.05) is 18.8 Å². The van der Waals surface area contributed by atoms with Gasteiger partial charge in [0.15, 0.2) is 0 Å². The van der Waals surface area contributed by atoms with Gasteiger partial charge in [0.1, 0.15) is 5.82 Å². The van der Waals surface area contributed by atoms with Crippen LogP contribution in [0.2, 0.25) is 0 Å². The topological polar surface area (TPSA) is 135 Å². The highest BCUT2D eigenvalue weighted by Crippen LogP contribution is 2.34. The summed E-state index contributed by atoms with van der Waals surface area (Å²) in [6.45, 7) is 4.80. The van der Waals surface area contributed by atoms with Crippen molar-refractivity contribution in [2.45, 2.75) is 12.3 Å². The minimum absolute atomic E-state index is 0.0727. The smallest absolute Gasteiger partial charge is 0.245 e. The summed E-state index contributed by atoms with van der Waals surface area (Å²) in [6, 6.07) is 10.6. The SMILES string of the molecule is C=CC(=O)N1CCC(c2nc(-c3ccc(Oc4cc(C#N)ccn4)nc3)n3c(N)nccc23)C1. The molecule has 1 atom stereocenters. The van der Waals surface area contributed by atoms with E-state index in [9.17, 15) is 4.79 Å². The Kier molecular flexibility index (Phi) is 5.35. The van der Waals surface area contributed by atoms with Crippen molar-refractivity contribution in [1.29, 1.82) is 5.26 Å². The molecule has 5 rings (SSSR count). The Bertz CT molecular complexity index is 1440. The van der Waals surface area contributed by atoms with Crippen molar-refractivity contribution in [2.24, 2.45) is 0 Å². The highest BCUT2D eigenvalue weighted by atomic mass is 16.5. The Balaban J connectivity index is 1.47. The second kappa shape index (κ2) is 8.63. The zero-order valence-corrected chi connectivity index (χ0v) is 18.1. The molecular weight excluding hydrogens is 432 g/mol. The van der Waals surface area contributed by atoms with Crippen LogP contribution in [0, 0.1) is 11.3 Å². The number of likely N-dealkylation sites (tertiary alicyclic amines) is 1.